The SMILES string of the molecule is Fc1ccc(CCNc2nccc(-c3ccc(-n4ccnc4)cc3)n2)cc1. The highest BCUT2D eigenvalue weighted by molar-refractivity contribution is 5.61. The molecule has 0 spiro atoms. The van der Waals surface area contributed by atoms with E-state index in [0.29, 0.717) is 12.5 Å². The van der Waals surface area contributed by atoms with Gasteiger partial charge in [-0.15, -0.1) is 0 Å². The Morgan fingerprint density at radius 2 is 1.74 bits per heavy atom. The molecule has 2 aromatic carbocycles. The van der Waals surface area contributed by atoms with Crippen LogP contribution in [0.25, 0.3) is 16.9 Å². The van der Waals surface area contributed by atoms with E-state index in [9.17, 15) is 4.39 Å². The van der Waals surface area contributed by atoms with Crippen LogP contribution in [-0.2, 0) is 6.42 Å². The summed E-state index contributed by atoms with van der Waals surface area (Å²) in [5.74, 6) is 0.357. The van der Waals surface area contributed by atoms with Crippen molar-refractivity contribution in [2.24, 2.45) is 0 Å². The standard InChI is InChI=1S/C21H18FN5/c22-18-5-1-16(2-6-18)9-11-24-21-25-12-10-20(26-21)17-3-7-19(8-4-17)27-14-13-23-15-27/h1-8,10,12-15H,9,11H2,(H,24,25,26). The Bertz CT molecular complexity index is 996. The Morgan fingerprint density at radius 3 is 2.48 bits per heavy atom. The largest absolute Gasteiger partial charge is 0.354 e. The van der Waals surface area contributed by atoms with Gasteiger partial charge in [-0.25, -0.2) is 19.3 Å². The Morgan fingerprint density at radius 1 is 0.926 bits per heavy atom. The molecule has 0 bridgehead atoms. The van der Waals surface area contributed by atoms with Gasteiger partial charge in [0, 0.05) is 36.4 Å². The number of imidazole rings is 1. The lowest BCUT2D eigenvalue weighted by atomic mass is 10.1. The van der Waals surface area contributed by atoms with Crippen molar-refractivity contribution >= 4 is 5.95 Å². The minimum Gasteiger partial charge on any atom is -0.354 e. The highest BCUT2D eigenvalue weighted by Gasteiger charge is 2.04. The van der Waals surface area contributed by atoms with Crippen LogP contribution in [0.15, 0.2) is 79.5 Å². The Balaban J connectivity index is 1.42. The highest BCUT2D eigenvalue weighted by Crippen LogP contribution is 2.19. The number of hydrogen-bond acceptors (Lipinski definition) is 4. The Labute approximate surface area is 156 Å². The van der Waals surface area contributed by atoms with E-state index >= 15 is 0 Å². The van der Waals surface area contributed by atoms with Crippen molar-refractivity contribution in [1.29, 1.82) is 0 Å². The van der Waals surface area contributed by atoms with Crippen LogP contribution in [0, 0.1) is 5.82 Å². The molecule has 4 aromatic rings. The van der Waals surface area contributed by atoms with Crippen LogP contribution in [0.1, 0.15) is 5.56 Å². The zero-order valence-corrected chi connectivity index (χ0v) is 14.6. The normalized spacial score (nSPS) is 10.7. The molecule has 1 N–H and O–H groups in total. The molecular weight excluding hydrogens is 341 g/mol. The van der Waals surface area contributed by atoms with Crippen LogP contribution in [0.4, 0.5) is 10.3 Å². The molecule has 0 saturated heterocycles. The van der Waals surface area contributed by atoms with E-state index in [1.54, 1.807) is 30.9 Å². The molecule has 2 aromatic heterocycles. The summed E-state index contributed by atoms with van der Waals surface area (Å²) in [6.45, 7) is 0.675. The predicted octanol–water partition coefficient (Wildman–Crippen LogP) is 4.12. The van der Waals surface area contributed by atoms with Crippen molar-refractivity contribution in [2.45, 2.75) is 6.42 Å². The van der Waals surface area contributed by atoms with Gasteiger partial charge < -0.3 is 9.88 Å². The van der Waals surface area contributed by atoms with E-state index < -0.39 is 0 Å². The lowest BCUT2D eigenvalue weighted by Gasteiger charge is -2.08. The molecular formula is C21H18FN5. The summed E-state index contributed by atoms with van der Waals surface area (Å²) in [6, 6.07) is 16.5. The minimum atomic E-state index is -0.221. The second kappa shape index (κ2) is 7.78. The molecule has 6 heteroatoms. The maximum atomic E-state index is 12.9. The van der Waals surface area contributed by atoms with Crippen LogP contribution in [-0.4, -0.2) is 26.1 Å². The van der Waals surface area contributed by atoms with Crippen LogP contribution >= 0.6 is 0 Å². The van der Waals surface area contributed by atoms with E-state index in [2.05, 4.69) is 20.3 Å². The number of hydrogen-bond donors (Lipinski definition) is 1. The van der Waals surface area contributed by atoms with Gasteiger partial charge in [0.25, 0.3) is 0 Å². The average molecular weight is 359 g/mol. The predicted molar refractivity (Wildman–Crippen MR) is 103 cm³/mol. The maximum absolute atomic E-state index is 12.9. The molecule has 0 saturated carbocycles. The molecule has 0 aliphatic heterocycles. The summed E-state index contributed by atoms with van der Waals surface area (Å²) >= 11 is 0. The summed E-state index contributed by atoms with van der Waals surface area (Å²) in [6.07, 6.45) is 7.94. The van der Waals surface area contributed by atoms with Gasteiger partial charge in [0.15, 0.2) is 0 Å². The van der Waals surface area contributed by atoms with E-state index in [1.807, 2.05) is 41.1 Å². The topological polar surface area (TPSA) is 55.6 Å². The molecule has 0 amide bonds. The van der Waals surface area contributed by atoms with Crippen molar-refractivity contribution in [3.8, 4) is 16.9 Å². The molecule has 0 unspecified atom stereocenters. The summed E-state index contributed by atoms with van der Waals surface area (Å²) in [7, 11) is 0. The second-order valence-electron chi connectivity index (χ2n) is 6.09. The van der Waals surface area contributed by atoms with Gasteiger partial charge >= 0.3 is 0 Å². The fraction of sp³-hybridized carbons (Fsp3) is 0.0952. The number of benzene rings is 2. The maximum Gasteiger partial charge on any atom is 0.223 e. The summed E-state index contributed by atoms with van der Waals surface area (Å²) in [4.78, 5) is 12.9. The van der Waals surface area contributed by atoms with Crippen LogP contribution in [0.2, 0.25) is 0 Å². The van der Waals surface area contributed by atoms with Crippen molar-refractivity contribution < 1.29 is 4.39 Å². The molecule has 134 valence electrons. The zero-order valence-electron chi connectivity index (χ0n) is 14.6. The smallest absolute Gasteiger partial charge is 0.223 e. The molecule has 0 fully saturated rings. The lowest BCUT2D eigenvalue weighted by Crippen LogP contribution is -2.08. The first kappa shape index (κ1) is 16.9. The fourth-order valence-electron chi connectivity index (χ4n) is 2.79. The third kappa shape index (κ3) is 4.17. The molecule has 5 nitrogen and oxygen atoms in total. The average Bonchev–Trinajstić information content (AvgIpc) is 3.25. The monoisotopic (exact) mass is 359 g/mol. The van der Waals surface area contributed by atoms with E-state index in [0.717, 1.165) is 28.9 Å². The van der Waals surface area contributed by atoms with E-state index in [4.69, 9.17) is 0 Å². The molecule has 2 heterocycles. The molecule has 0 aliphatic carbocycles. The van der Waals surface area contributed by atoms with Gasteiger partial charge in [-0.1, -0.05) is 24.3 Å². The third-order valence-electron chi connectivity index (χ3n) is 4.23. The number of nitrogens with one attached hydrogen (secondary N) is 1. The zero-order chi connectivity index (χ0) is 18.5. The Hall–Kier alpha value is -3.54. The highest BCUT2D eigenvalue weighted by atomic mass is 19.1. The molecule has 0 aliphatic rings. The van der Waals surface area contributed by atoms with E-state index in [-0.39, 0.29) is 5.82 Å². The van der Waals surface area contributed by atoms with Gasteiger partial charge in [0.1, 0.15) is 5.82 Å². The number of aromatic nitrogens is 4. The number of anilines is 1. The molecule has 0 radical (unpaired) electrons. The molecule has 0 atom stereocenters. The van der Waals surface area contributed by atoms with Crippen LogP contribution in [0.3, 0.4) is 0 Å². The van der Waals surface area contributed by atoms with Crippen molar-refractivity contribution in [2.75, 3.05) is 11.9 Å². The van der Waals surface area contributed by atoms with Crippen LogP contribution in [0.5, 0.6) is 0 Å². The first-order chi connectivity index (χ1) is 13.3. The Kier molecular flexibility index (Phi) is 4.87. The number of nitrogens with zero attached hydrogens (tertiary/aromatic N) is 4. The van der Waals surface area contributed by atoms with Crippen molar-refractivity contribution in [3.05, 3.63) is 90.9 Å². The van der Waals surface area contributed by atoms with Crippen LogP contribution < -0.4 is 5.32 Å². The first-order valence-electron chi connectivity index (χ1n) is 8.68. The molecule has 27 heavy (non-hydrogen) atoms. The number of rotatable bonds is 6. The van der Waals surface area contributed by atoms with Crippen molar-refractivity contribution in [3.63, 3.8) is 0 Å². The summed E-state index contributed by atoms with van der Waals surface area (Å²) in [5.41, 5.74) is 3.98. The fourth-order valence-corrected chi connectivity index (χ4v) is 2.79. The van der Waals surface area contributed by atoms with Gasteiger partial charge in [0.05, 0.1) is 12.0 Å². The third-order valence-corrected chi connectivity index (χ3v) is 4.23. The quantitative estimate of drug-likeness (QED) is 0.563. The minimum absolute atomic E-state index is 0.221. The van der Waals surface area contributed by atoms with Gasteiger partial charge in [-0.3, -0.25) is 0 Å². The van der Waals surface area contributed by atoms with Gasteiger partial charge in [0.2, 0.25) is 5.95 Å². The lowest BCUT2D eigenvalue weighted by molar-refractivity contribution is 0.627. The summed E-state index contributed by atoms with van der Waals surface area (Å²) < 4.78 is 14.9. The summed E-state index contributed by atoms with van der Waals surface area (Å²) in [5, 5.41) is 3.22. The van der Waals surface area contributed by atoms with Gasteiger partial charge in [-0.05, 0) is 42.3 Å². The van der Waals surface area contributed by atoms with E-state index in [1.165, 1.54) is 12.1 Å². The second-order valence-corrected chi connectivity index (χ2v) is 6.09. The van der Waals surface area contributed by atoms with Gasteiger partial charge in [-0.2, -0.15) is 0 Å². The molecule has 4 rings (SSSR count). The van der Waals surface area contributed by atoms with Crippen molar-refractivity contribution in [1.82, 2.24) is 19.5 Å². The number of halogens is 1. The first-order valence-corrected chi connectivity index (χ1v) is 8.68.